The van der Waals surface area contributed by atoms with Crippen LogP contribution in [0, 0.1) is 0 Å². The van der Waals surface area contributed by atoms with E-state index in [-0.39, 0.29) is 0 Å². The molecule has 1 aromatic heterocycles. The van der Waals surface area contributed by atoms with Crippen molar-refractivity contribution in [1.29, 1.82) is 0 Å². The van der Waals surface area contributed by atoms with Gasteiger partial charge < -0.3 is 0 Å². The normalized spacial score (nSPS) is 11.9. The van der Waals surface area contributed by atoms with Crippen molar-refractivity contribution in [2.75, 3.05) is 0 Å². The van der Waals surface area contributed by atoms with Crippen molar-refractivity contribution in [2.45, 2.75) is 0 Å². The molecular weight excluding hydrogens is 556 g/mol. The second kappa shape index (κ2) is 9.69. The number of benzene rings is 9. The fourth-order valence-electron chi connectivity index (χ4n) is 7.51. The molecule has 0 saturated carbocycles. The Morgan fingerprint density at radius 3 is 0.826 bits per heavy atom. The Hall–Kier alpha value is -6.12. The van der Waals surface area contributed by atoms with E-state index in [1.807, 2.05) is 12.1 Å². The molecule has 0 aliphatic heterocycles. The van der Waals surface area contributed by atoms with Gasteiger partial charge in [0.05, 0.1) is 22.4 Å². The first-order valence-corrected chi connectivity index (χ1v) is 15.8. The zero-order valence-electron chi connectivity index (χ0n) is 24.9. The molecule has 212 valence electrons. The Morgan fingerprint density at radius 2 is 0.500 bits per heavy atom. The Morgan fingerprint density at radius 1 is 0.239 bits per heavy atom. The average molecular weight is 583 g/mol. The maximum Gasteiger partial charge on any atom is 0.0973 e. The molecule has 10 aromatic rings. The highest BCUT2D eigenvalue weighted by molar-refractivity contribution is 6.27. The van der Waals surface area contributed by atoms with Gasteiger partial charge in [-0.3, -0.25) is 0 Å². The molecule has 1 heterocycles. The molecule has 0 saturated heterocycles. The van der Waals surface area contributed by atoms with Gasteiger partial charge in [-0.15, -0.1) is 0 Å². The third kappa shape index (κ3) is 3.65. The minimum absolute atomic E-state index is 0.891. The Kier molecular flexibility index (Phi) is 5.31. The highest BCUT2D eigenvalue weighted by Gasteiger charge is 2.17. The Balaban J connectivity index is 1.28. The van der Waals surface area contributed by atoms with Crippen LogP contribution in [-0.4, -0.2) is 9.97 Å². The summed E-state index contributed by atoms with van der Waals surface area (Å²) in [6.07, 6.45) is 0. The van der Waals surface area contributed by atoms with Gasteiger partial charge in [0.1, 0.15) is 0 Å². The number of aromatic nitrogens is 2. The van der Waals surface area contributed by atoms with Gasteiger partial charge in [-0.05, 0) is 88.9 Å². The maximum absolute atomic E-state index is 5.30. The van der Waals surface area contributed by atoms with E-state index in [9.17, 15) is 0 Å². The number of hydrogen-bond donors (Lipinski definition) is 0. The molecular formula is C44H26N2. The molecule has 0 aliphatic carbocycles. The molecule has 0 amide bonds. The summed E-state index contributed by atoms with van der Waals surface area (Å²) in [4.78, 5) is 10.6. The van der Waals surface area contributed by atoms with Crippen LogP contribution in [0.3, 0.4) is 0 Å². The van der Waals surface area contributed by atoms with E-state index in [0.29, 0.717) is 0 Å². The summed E-state index contributed by atoms with van der Waals surface area (Å²) in [5.41, 5.74) is 5.68. The molecule has 0 unspecified atom stereocenters. The fourth-order valence-corrected chi connectivity index (χ4v) is 7.51. The molecule has 0 atom stereocenters. The number of nitrogens with zero attached hydrogens (tertiary/aromatic N) is 2. The van der Waals surface area contributed by atoms with Crippen LogP contribution in [0.4, 0.5) is 0 Å². The van der Waals surface area contributed by atoms with Crippen molar-refractivity contribution in [2.24, 2.45) is 0 Å². The van der Waals surface area contributed by atoms with Gasteiger partial charge >= 0.3 is 0 Å². The van der Waals surface area contributed by atoms with Gasteiger partial charge in [0.25, 0.3) is 0 Å². The van der Waals surface area contributed by atoms with Gasteiger partial charge in [0.15, 0.2) is 0 Å². The molecule has 46 heavy (non-hydrogen) atoms. The summed E-state index contributed by atoms with van der Waals surface area (Å²) in [5.74, 6) is 0. The summed E-state index contributed by atoms with van der Waals surface area (Å²) in [6, 6.07) is 56.7. The first-order chi connectivity index (χ1) is 22.8. The summed E-state index contributed by atoms with van der Waals surface area (Å²) in [5, 5.41) is 15.1. The van der Waals surface area contributed by atoms with Crippen LogP contribution in [0.15, 0.2) is 158 Å². The minimum Gasteiger partial charge on any atom is -0.244 e. The highest BCUT2D eigenvalue weighted by Crippen LogP contribution is 2.41. The summed E-state index contributed by atoms with van der Waals surface area (Å²) in [7, 11) is 0. The minimum atomic E-state index is 0.891. The van der Waals surface area contributed by atoms with Crippen LogP contribution in [0.5, 0.6) is 0 Å². The molecule has 0 fully saturated rings. The lowest BCUT2D eigenvalue weighted by Crippen LogP contribution is -1.96. The van der Waals surface area contributed by atoms with Crippen LogP contribution in [-0.2, 0) is 0 Å². The number of fused-ring (bicyclic) bond motifs is 13. The van der Waals surface area contributed by atoms with E-state index in [1.165, 1.54) is 64.6 Å². The van der Waals surface area contributed by atoms with Crippen LogP contribution < -0.4 is 0 Å². The maximum atomic E-state index is 5.30. The van der Waals surface area contributed by atoms with E-state index < -0.39 is 0 Å². The molecule has 9 aromatic carbocycles. The van der Waals surface area contributed by atoms with Gasteiger partial charge in [0, 0.05) is 11.1 Å². The second-order valence-electron chi connectivity index (χ2n) is 12.1. The van der Waals surface area contributed by atoms with Crippen LogP contribution >= 0.6 is 0 Å². The summed E-state index contributed by atoms with van der Waals surface area (Å²) in [6.45, 7) is 0. The molecule has 0 radical (unpaired) electrons. The van der Waals surface area contributed by atoms with Crippen LogP contribution in [0.1, 0.15) is 0 Å². The zero-order chi connectivity index (χ0) is 30.2. The first kappa shape index (κ1) is 25.2. The summed E-state index contributed by atoms with van der Waals surface area (Å²) >= 11 is 0. The van der Waals surface area contributed by atoms with E-state index >= 15 is 0 Å². The van der Waals surface area contributed by atoms with Gasteiger partial charge in [-0.2, -0.15) is 0 Å². The van der Waals surface area contributed by atoms with Gasteiger partial charge in [-0.1, -0.05) is 133 Å². The lowest BCUT2D eigenvalue weighted by molar-refractivity contribution is 1.30. The van der Waals surface area contributed by atoms with E-state index in [4.69, 9.17) is 9.97 Å². The smallest absolute Gasteiger partial charge is 0.0973 e. The SMILES string of the molecule is c1ccc2nc(-c3ccc4c5ccccc5c5ccccc5c4c3)c(-c3ccc4c5ccccc5c5ccccc5c4c3)nc2c1. The highest BCUT2D eigenvalue weighted by atomic mass is 14.8. The molecule has 10 rings (SSSR count). The van der Waals surface area contributed by atoms with E-state index in [2.05, 4.69) is 146 Å². The average Bonchev–Trinajstić information content (AvgIpc) is 3.14. The van der Waals surface area contributed by atoms with Crippen molar-refractivity contribution < 1.29 is 0 Å². The van der Waals surface area contributed by atoms with E-state index in [1.54, 1.807) is 0 Å². The van der Waals surface area contributed by atoms with Crippen molar-refractivity contribution in [3.05, 3.63) is 158 Å². The lowest BCUT2D eigenvalue weighted by Gasteiger charge is -2.15. The summed E-state index contributed by atoms with van der Waals surface area (Å²) < 4.78 is 0. The van der Waals surface area contributed by atoms with Crippen LogP contribution in [0.25, 0.3) is 98.2 Å². The van der Waals surface area contributed by atoms with Crippen molar-refractivity contribution in [3.8, 4) is 22.5 Å². The molecule has 2 heteroatoms. The van der Waals surface area contributed by atoms with Gasteiger partial charge in [-0.25, -0.2) is 9.97 Å². The second-order valence-corrected chi connectivity index (χ2v) is 12.1. The van der Waals surface area contributed by atoms with Crippen molar-refractivity contribution in [3.63, 3.8) is 0 Å². The topological polar surface area (TPSA) is 25.8 Å². The number of rotatable bonds is 2. The third-order valence-corrected chi connectivity index (χ3v) is 9.61. The fraction of sp³-hybridized carbons (Fsp3) is 0. The standard InChI is InChI=1S/C44H26N2/c1-3-15-33-29(11-1)31-13-5-7-17-35(31)39-25-27(21-23-37(33)39)43-44(46-42-20-10-9-19-41(42)45-43)28-22-24-38-34-16-4-2-12-30(34)32-14-6-8-18-36(32)40(38)26-28/h1-26H. The van der Waals surface area contributed by atoms with Crippen LogP contribution in [0.2, 0.25) is 0 Å². The molecule has 0 bridgehead atoms. The van der Waals surface area contributed by atoms with Crippen molar-refractivity contribution >= 4 is 75.7 Å². The van der Waals surface area contributed by atoms with Crippen molar-refractivity contribution in [1.82, 2.24) is 9.97 Å². The lowest BCUT2D eigenvalue weighted by atomic mass is 9.91. The molecule has 2 nitrogen and oxygen atoms in total. The van der Waals surface area contributed by atoms with Gasteiger partial charge in [0.2, 0.25) is 0 Å². The largest absolute Gasteiger partial charge is 0.244 e. The quantitative estimate of drug-likeness (QED) is 0.190. The Bertz CT molecular complexity index is 2600. The molecule has 0 N–H and O–H groups in total. The number of hydrogen-bond acceptors (Lipinski definition) is 2. The predicted octanol–water partition coefficient (Wildman–Crippen LogP) is 11.9. The first-order valence-electron chi connectivity index (χ1n) is 15.8. The molecule has 0 spiro atoms. The third-order valence-electron chi connectivity index (χ3n) is 9.61. The predicted molar refractivity (Wildman–Crippen MR) is 195 cm³/mol. The van der Waals surface area contributed by atoms with E-state index in [0.717, 1.165) is 33.5 Å². The Labute approximate surface area is 265 Å². The zero-order valence-corrected chi connectivity index (χ0v) is 24.9. The number of para-hydroxylation sites is 2. The molecule has 0 aliphatic rings. The monoisotopic (exact) mass is 582 g/mol.